The van der Waals surface area contributed by atoms with Gasteiger partial charge in [0, 0.05) is 51.0 Å². The fourth-order valence-electron chi connectivity index (χ4n) is 2.88. The first kappa shape index (κ1) is 21.4. The lowest BCUT2D eigenvalue weighted by atomic mass is 10.2. The second-order valence-electron chi connectivity index (χ2n) is 6.63. The molecule has 0 unspecified atom stereocenters. The zero-order chi connectivity index (χ0) is 20.3. The Morgan fingerprint density at radius 2 is 1.96 bits per heavy atom. The van der Waals surface area contributed by atoms with Gasteiger partial charge in [-0.05, 0) is 50.1 Å². The predicted molar refractivity (Wildman–Crippen MR) is 112 cm³/mol. The number of benzene rings is 2. The molecule has 3 rings (SSSR count). The highest BCUT2D eigenvalue weighted by molar-refractivity contribution is 8.01. The van der Waals surface area contributed by atoms with E-state index < -0.39 is 0 Å². The molecule has 2 aromatic rings. The molecule has 1 aliphatic rings. The average molecular weight is 453 g/mol. The van der Waals surface area contributed by atoms with Crippen molar-refractivity contribution < 1.29 is 16.4 Å². The summed E-state index contributed by atoms with van der Waals surface area (Å²) in [5, 5.41) is 10.6. The van der Waals surface area contributed by atoms with Gasteiger partial charge in [-0.3, -0.25) is 4.79 Å². The number of amides is 1. The minimum atomic E-state index is 0.130. The summed E-state index contributed by atoms with van der Waals surface area (Å²) in [7, 11) is 0. The third-order valence-corrected chi connectivity index (χ3v) is 6.95. The first-order chi connectivity index (χ1) is 13.4. The molecule has 0 N–H and O–H groups in total. The van der Waals surface area contributed by atoms with Gasteiger partial charge in [-0.2, -0.15) is 5.26 Å². The second kappa shape index (κ2) is 9.43. The number of carbonyl (C=O) groups excluding carboxylic acids is 1. The topological polar surface area (TPSA) is 47.3 Å². The van der Waals surface area contributed by atoms with E-state index in [1.165, 1.54) is 11.9 Å². The first-order valence-corrected chi connectivity index (χ1v) is 11.2. The normalized spacial score (nSPS) is 15.1. The van der Waals surface area contributed by atoms with Crippen LogP contribution in [-0.4, -0.2) is 40.8 Å². The van der Waals surface area contributed by atoms with Crippen molar-refractivity contribution in [2.45, 2.75) is 34.6 Å². The standard InChI is InChI=1S/C20H20Cl2N3OS2/c1-13(2)25-6-5-24(12-20(25)26)28-19-7-14(11-23)3-4-18(19)27-17-9-15(21)8-16(22)10-17/h3-4,7-10,13,21H,5-6,12H2,1-2H3/q+1. The summed E-state index contributed by atoms with van der Waals surface area (Å²) in [6, 6.07) is 13.5. The van der Waals surface area contributed by atoms with E-state index in [1.807, 2.05) is 43.0 Å². The number of nitriles is 1. The van der Waals surface area contributed by atoms with Crippen LogP contribution in [0, 0.1) is 22.9 Å². The number of halogens is 2. The molecule has 4 nitrogen and oxygen atoms in total. The molecular formula is C20H20Cl2N3OS2+. The zero-order valence-corrected chi connectivity index (χ0v) is 18.7. The van der Waals surface area contributed by atoms with Crippen LogP contribution in [0.2, 0.25) is 10.0 Å². The van der Waals surface area contributed by atoms with Crippen molar-refractivity contribution in [3.05, 3.63) is 52.0 Å². The van der Waals surface area contributed by atoms with E-state index in [9.17, 15) is 10.1 Å². The van der Waals surface area contributed by atoms with E-state index in [2.05, 4.69) is 10.4 Å². The summed E-state index contributed by atoms with van der Waals surface area (Å²) in [5.41, 5.74) is 0.592. The molecule has 0 spiro atoms. The molecule has 1 heterocycles. The van der Waals surface area contributed by atoms with Crippen LogP contribution in [0.15, 0.2) is 51.1 Å². The molecule has 2 aromatic carbocycles. The average Bonchev–Trinajstić information content (AvgIpc) is 2.62. The van der Waals surface area contributed by atoms with Crippen molar-refractivity contribution in [3.8, 4) is 6.07 Å². The van der Waals surface area contributed by atoms with Crippen molar-refractivity contribution in [3.63, 3.8) is 0 Å². The molecule has 146 valence electrons. The van der Waals surface area contributed by atoms with Gasteiger partial charge in [0.05, 0.1) is 18.2 Å². The molecule has 0 aliphatic carbocycles. The molecule has 1 aliphatic heterocycles. The number of piperazine rings is 1. The van der Waals surface area contributed by atoms with E-state index in [-0.39, 0.29) is 11.9 Å². The van der Waals surface area contributed by atoms with Gasteiger partial charge in [0.2, 0.25) is 10.9 Å². The molecule has 8 heteroatoms. The molecule has 1 fully saturated rings. The molecule has 0 saturated carbocycles. The fraction of sp³-hybridized carbons (Fsp3) is 0.300. The lowest BCUT2D eigenvalue weighted by Crippen LogP contribution is -2.50. The van der Waals surface area contributed by atoms with Gasteiger partial charge in [0.1, 0.15) is 0 Å². The highest BCUT2D eigenvalue weighted by Gasteiger charge is 2.27. The first-order valence-electron chi connectivity index (χ1n) is 8.77. The van der Waals surface area contributed by atoms with Crippen molar-refractivity contribution in [1.29, 1.82) is 5.26 Å². The molecule has 0 aromatic heterocycles. The highest BCUT2D eigenvalue weighted by atomic mass is 35.5. The SMILES string of the molecule is CC(C)N1CCN(Sc2cc(C#N)ccc2Sc2cc(Cl)cc([ClH+])c2)CC1=O. The van der Waals surface area contributed by atoms with Gasteiger partial charge in [-0.15, -0.1) is 0 Å². The zero-order valence-electron chi connectivity index (χ0n) is 15.5. The van der Waals surface area contributed by atoms with Gasteiger partial charge in [0.15, 0.2) is 11.6 Å². The summed E-state index contributed by atoms with van der Waals surface area (Å²) in [6.07, 6.45) is 0. The summed E-state index contributed by atoms with van der Waals surface area (Å²) in [5.74, 6) is 0.130. The number of rotatable bonds is 5. The lowest BCUT2D eigenvalue weighted by molar-refractivity contribution is -0.289. The number of hydrogen-bond donors (Lipinski definition) is 0. The Morgan fingerprint density at radius 3 is 2.61 bits per heavy atom. The summed E-state index contributed by atoms with van der Waals surface area (Å²) in [4.78, 5) is 17.2. The van der Waals surface area contributed by atoms with Crippen molar-refractivity contribution in [1.82, 2.24) is 9.21 Å². The van der Waals surface area contributed by atoms with Crippen LogP contribution in [0.3, 0.4) is 0 Å². The molecule has 0 radical (unpaired) electrons. The smallest absolute Gasteiger partial charge is 0.238 e. The Labute approximate surface area is 183 Å². The number of carbonyl (C=O) groups is 1. The highest BCUT2D eigenvalue weighted by Crippen LogP contribution is 2.39. The van der Waals surface area contributed by atoms with E-state index >= 15 is 0 Å². The number of hydrogen-bond acceptors (Lipinski definition) is 5. The van der Waals surface area contributed by atoms with Crippen LogP contribution in [0.25, 0.3) is 0 Å². The van der Waals surface area contributed by atoms with Crippen molar-refractivity contribution in [2.75, 3.05) is 19.6 Å². The third-order valence-electron chi connectivity index (χ3n) is 4.22. The minimum absolute atomic E-state index is 0.130. The molecular weight excluding hydrogens is 433 g/mol. The maximum Gasteiger partial charge on any atom is 0.238 e. The minimum Gasteiger partial charge on any atom is -0.338 e. The van der Waals surface area contributed by atoms with E-state index in [1.54, 1.807) is 23.9 Å². The molecule has 1 amide bonds. The van der Waals surface area contributed by atoms with Crippen molar-refractivity contribution in [2.24, 2.45) is 0 Å². The molecule has 0 bridgehead atoms. The Balaban J connectivity index is 1.82. The second-order valence-corrected chi connectivity index (χ2v) is 9.80. The Morgan fingerprint density at radius 1 is 1.18 bits per heavy atom. The predicted octanol–water partition coefficient (Wildman–Crippen LogP) is 4.62. The van der Waals surface area contributed by atoms with Gasteiger partial charge >= 0.3 is 0 Å². The van der Waals surface area contributed by atoms with E-state index in [0.717, 1.165) is 21.2 Å². The van der Waals surface area contributed by atoms with Crippen LogP contribution >= 0.6 is 35.3 Å². The Hall–Kier alpha value is -1.36. The van der Waals surface area contributed by atoms with E-state index in [4.69, 9.17) is 23.2 Å². The van der Waals surface area contributed by atoms with Crippen LogP contribution in [0.1, 0.15) is 19.4 Å². The van der Waals surface area contributed by atoms with Gasteiger partial charge in [-0.1, -0.05) is 23.4 Å². The Kier molecular flexibility index (Phi) is 7.19. The van der Waals surface area contributed by atoms with Gasteiger partial charge < -0.3 is 4.90 Å². The largest absolute Gasteiger partial charge is 0.338 e. The summed E-state index contributed by atoms with van der Waals surface area (Å²) in [6.45, 7) is 5.91. The maximum absolute atomic E-state index is 12.4. The van der Waals surface area contributed by atoms with Crippen LogP contribution in [0.5, 0.6) is 0 Å². The molecule has 28 heavy (non-hydrogen) atoms. The summed E-state index contributed by atoms with van der Waals surface area (Å²) < 4.78 is 2.05. The summed E-state index contributed by atoms with van der Waals surface area (Å²) >= 11 is 14.5. The van der Waals surface area contributed by atoms with E-state index in [0.29, 0.717) is 28.7 Å². The Bertz CT molecular complexity index is 910. The van der Waals surface area contributed by atoms with Crippen LogP contribution < -0.4 is 0 Å². The molecule has 0 atom stereocenters. The quantitative estimate of drug-likeness (QED) is 0.619. The van der Waals surface area contributed by atoms with Crippen LogP contribution in [0.4, 0.5) is 0 Å². The fourth-order valence-corrected chi connectivity index (χ4v) is 5.70. The lowest BCUT2D eigenvalue weighted by Gasteiger charge is -2.36. The van der Waals surface area contributed by atoms with Crippen molar-refractivity contribution >= 4 is 41.2 Å². The van der Waals surface area contributed by atoms with Crippen LogP contribution in [-0.2, 0) is 4.79 Å². The number of nitrogens with zero attached hydrogens (tertiary/aromatic N) is 3. The molecule has 1 saturated heterocycles. The van der Waals surface area contributed by atoms with Gasteiger partial charge in [-0.25, -0.2) is 4.31 Å². The van der Waals surface area contributed by atoms with Gasteiger partial charge in [0.25, 0.3) is 0 Å². The third kappa shape index (κ3) is 5.37. The maximum atomic E-state index is 12.4. The monoisotopic (exact) mass is 452 g/mol.